The topological polar surface area (TPSA) is 31.9 Å². The zero-order chi connectivity index (χ0) is 17.5. The number of rotatable bonds is 3. The highest BCUT2D eigenvalue weighted by molar-refractivity contribution is 6.30. The van der Waals surface area contributed by atoms with Gasteiger partial charge >= 0.3 is 0 Å². The summed E-state index contributed by atoms with van der Waals surface area (Å²) in [6.45, 7) is 3.34. The van der Waals surface area contributed by atoms with Gasteiger partial charge in [0.15, 0.2) is 0 Å². The van der Waals surface area contributed by atoms with Crippen molar-refractivity contribution in [1.82, 2.24) is 15.1 Å². The fourth-order valence-electron chi connectivity index (χ4n) is 4.47. The van der Waals surface area contributed by atoms with E-state index in [2.05, 4.69) is 57.6 Å². The van der Waals surface area contributed by atoms with Gasteiger partial charge in [-0.2, -0.15) is 5.10 Å². The molecular weight excluding hydrogens is 342 g/mol. The molecule has 1 aliphatic carbocycles. The van der Waals surface area contributed by atoms with Crippen molar-refractivity contribution in [3.8, 4) is 11.3 Å². The molecule has 26 heavy (non-hydrogen) atoms. The maximum Gasteiger partial charge on any atom is 0.0961 e. The zero-order valence-electron chi connectivity index (χ0n) is 14.7. The molecule has 0 spiro atoms. The number of fused-ring (bicyclic) bond motifs is 3. The van der Waals surface area contributed by atoms with Gasteiger partial charge in [-0.05, 0) is 49.2 Å². The van der Waals surface area contributed by atoms with Crippen LogP contribution in [0.1, 0.15) is 41.1 Å². The lowest BCUT2D eigenvalue weighted by atomic mass is 9.90. The van der Waals surface area contributed by atoms with Gasteiger partial charge in [0.1, 0.15) is 0 Å². The monoisotopic (exact) mass is 363 g/mol. The molecular formula is C22H22ClN3. The second-order valence-corrected chi connectivity index (χ2v) is 7.92. The first-order chi connectivity index (χ1) is 12.8. The van der Waals surface area contributed by atoms with Crippen LogP contribution in [0.4, 0.5) is 0 Å². The van der Waals surface area contributed by atoms with Gasteiger partial charge in [0.25, 0.3) is 0 Å². The number of benzene rings is 2. The molecule has 1 fully saturated rings. The van der Waals surface area contributed by atoms with Gasteiger partial charge in [-0.1, -0.05) is 48.0 Å². The molecule has 0 radical (unpaired) electrons. The summed E-state index contributed by atoms with van der Waals surface area (Å²) >= 11 is 6.17. The molecule has 1 aromatic heterocycles. The van der Waals surface area contributed by atoms with Crippen molar-refractivity contribution in [3.05, 3.63) is 75.9 Å². The number of aromatic amines is 1. The van der Waals surface area contributed by atoms with Crippen LogP contribution in [0.15, 0.2) is 48.5 Å². The summed E-state index contributed by atoms with van der Waals surface area (Å²) in [6.07, 6.45) is 3.35. The Balaban J connectivity index is 1.29. The van der Waals surface area contributed by atoms with E-state index in [9.17, 15) is 0 Å². The lowest BCUT2D eigenvalue weighted by Gasteiger charge is -2.31. The number of H-pyrrole nitrogens is 1. The van der Waals surface area contributed by atoms with E-state index in [1.807, 2.05) is 6.07 Å². The van der Waals surface area contributed by atoms with E-state index in [-0.39, 0.29) is 0 Å². The Hall–Kier alpha value is -2.10. The lowest BCUT2D eigenvalue weighted by molar-refractivity contribution is 0.203. The van der Waals surface area contributed by atoms with Crippen LogP contribution < -0.4 is 0 Å². The second kappa shape index (κ2) is 6.57. The van der Waals surface area contributed by atoms with Gasteiger partial charge in [0, 0.05) is 40.7 Å². The normalized spacial score (nSPS) is 17.3. The number of likely N-dealkylation sites (tertiary alicyclic amines) is 1. The van der Waals surface area contributed by atoms with Crippen LogP contribution in [0.3, 0.4) is 0 Å². The minimum absolute atomic E-state index is 0.586. The third-order valence-corrected chi connectivity index (χ3v) is 6.07. The molecule has 2 aromatic carbocycles. The van der Waals surface area contributed by atoms with Crippen LogP contribution in [0.2, 0.25) is 5.02 Å². The Labute approximate surface area is 159 Å². The van der Waals surface area contributed by atoms with Crippen molar-refractivity contribution in [2.75, 3.05) is 13.1 Å². The molecule has 1 aliphatic heterocycles. The lowest BCUT2D eigenvalue weighted by Crippen LogP contribution is -2.32. The highest BCUT2D eigenvalue weighted by Crippen LogP contribution is 2.41. The largest absolute Gasteiger partial charge is 0.299 e. The van der Waals surface area contributed by atoms with Crippen molar-refractivity contribution in [2.24, 2.45) is 0 Å². The SMILES string of the molecule is Clc1ccc2c(c1)Cc1c-2n[nH]c1C1CCN(Cc2ccccc2)CC1. The average Bonchev–Trinajstić information content (AvgIpc) is 3.22. The molecule has 1 N–H and O–H groups in total. The molecule has 0 bridgehead atoms. The summed E-state index contributed by atoms with van der Waals surface area (Å²) in [5.74, 6) is 0.586. The summed E-state index contributed by atoms with van der Waals surface area (Å²) < 4.78 is 0. The van der Waals surface area contributed by atoms with E-state index in [4.69, 9.17) is 11.6 Å². The van der Waals surface area contributed by atoms with Gasteiger partial charge in [0.05, 0.1) is 5.69 Å². The second-order valence-electron chi connectivity index (χ2n) is 7.48. The first-order valence-electron chi connectivity index (χ1n) is 9.40. The number of piperidine rings is 1. The van der Waals surface area contributed by atoms with Crippen molar-refractivity contribution in [2.45, 2.75) is 31.7 Å². The summed E-state index contributed by atoms with van der Waals surface area (Å²) in [5.41, 5.74) is 7.84. The molecule has 1 saturated heterocycles. The predicted molar refractivity (Wildman–Crippen MR) is 106 cm³/mol. The molecule has 2 aliphatic rings. The van der Waals surface area contributed by atoms with Gasteiger partial charge in [0.2, 0.25) is 0 Å². The molecule has 2 heterocycles. The minimum atomic E-state index is 0.586. The average molecular weight is 364 g/mol. The van der Waals surface area contributed by atoms with E-state index in [0.717, 1.165) is 36.8 Å². The summed E-state index contributed by atoms with van der Waals surface area (Å²) in [7, 11) is 0. The number of hydrogen-bond acceptors (Lipinski definition) is 2. The minimum Gasteiger partial charge on any atom is -0.299 e. The van der Waals surface area contributed by atoms with Crippen LogP contribution in [0.25, 0.3) is 11.3 Å². The summed E-state index contributed by atoms with van der Waals surface area (Å²) in [4.78, 5) is 2.57. The quantitative estimate of drug-likeness (QED) is 0.554. The molecule has 0 amide bonds. The van der Waals surface area contributed by atoms with Gasteiger partial charge < -0.3 is 0 Å². The van der Waals surface area contributed by atoms with Crippen LogP contribution >= 0.6 is 11.6 Å². The van der Waals surface area contributed by atoms with Gasteiger partial charge in [-0.25, -0.2) is 0 Å². The van der Waals surface area contributed by atoms with E-state index >= 15 is 0 Å². The number of nitrogens with one attached hydrogen (secondary N) is 1. The van der Waals surface area contributed by atoms with Crippen LogP contribution in [0.5, 0.6) is 0 Å². The van der Waals surface area contributed by atoms with Gasteiger partial charge in [-0.3, -0.25) is 10.00 Å². The number of halogens is 1. The van der Waals surface area contributed by atoms with E-state index in [0.29, 0.717) is 5.92 Å². The van der Waals surface area contributed by atoms with Crippen LogP contribution in [0, 0.1) is 0 Å². The first kappa shape index (κ1) is 16.1. The van der Waals surface area contributed by atoms with Crippen molar-refractivity contribution < 1.29 is 0 Å². The van der Waals surface area contributed by atoms with E-state index < -0.39 is 0 Å². The molecule has 0 unspecified atom stereocenters. The smallest absolute Gasteiger partial charge is 0.0961 e. The number of hydrogen-bond donors (Lipinski definition) is 1. The first-order valence-corrected chi connectivity index (χ1v) is 9.78. The standard InChI is InChI=1S/C22H22ClN3/c23-18-6-7-19-17(12-18)13-20-21(24-25-22(19)20)16-8-10-26(11-9-16)14-15-4-2-1-3-5-15/h1-7,12,16H,8-11,13-14H2,(H,24,25). The molecule has 3 nitrogen and oxygen atoms in total. The number of aromatic nitrogens is 2. The van der Waals surface area contributed by atoms with Crippen molar-refractivity contribution in [1.29, 1.82) is 0 Å². The highest BCUT2D eigenvalue weighted by atomic mass is 35.5. The predicted octanol–water partition coefficient (Wildman–Crippen LogP) is 5.01. The fourth-order valence-corrected chi connectivity index (χ4v) is 4.66. The fraction of sp³-hybridized carbons (Fsp3) is 0.318. The zero-order valence-corrected chi connectivity index (χ0v) is 15.5. The maximum absolute atomic E-state index is 6.17. The molecule has 132 valence electrons. The van der Waals surface area contributed by atoms with Crippen LogP contribution in [-0.4, -0.2) is 28.2 Å². The Morgan fingerprint density at radius 3 is 2.69 bits per heavy atom. The third kappa shape index (κ3) is 2.85. The number of nitrogens with zero attached hydrogens (tertiary/aromatic N) is 2. The Bertz CT molecular complexity index is 924. The molecule has 4 heteroatoms. The van der Waals surface area contributed by atoms with Crippen molar-refractivity contribution >= 4 is 11.6 Å². The summed E-state index contributed by atoms with van der Waals surface area (Å²) in [6, 6.07) is 16.9. The highest BCUT2D eigenvalue weighted by Gasteiger charge is 2.30. The Morgan fingerprint density at radius 2 is 1.88 bits per heavy atom. The maximum atomic E-state index is 6.17. The molecule has 3 aromatic rings. The van der Waals surface area contributed by atoms with Gasteiger partial charge in [-0.15, -0.1) is 0 Å². The van der Waals surface area contributed by atoms with E-state index in [1.54, 1.807) is 0 Å². The third-order valence-electron chi connectivity index (χ3n) is 5.83. The Kier molecular flexibility index (Phi) is 4.07. The van der Waals surface area contributed by atoms with Crippen molar-refractivity contribution in [3.63, 3.8) is 0 Å². The summed E-state index contributed by atoms with van der Waals surface area (Å²) in [5, 5.41) is 8.83. The molecule has 0 atom stereocenters. The van der Waals surface area contributed by atoms with E-state index in [1.165, 1.54) is 40.8 Å². The Morgan fingerprint density at radius 1 is 1.08 bits per heavy atom. The van der Waals surface area contributed by atoms with Crippen LogP contribution in [-0.2, 0) is 13.0 Å². The molecule has 0 saturated carbocycles. The molecule has 5 rings (SSSR count).